The molecule has 4 aromatic rings. The average Bonchev–Trinajstić information content (AvgIpc) is 3.30. The van der Waals surface area contributed by atoms with Crippen molar-refractivity contribution in [2.75, 3.05) is 20.1 Å². The van der Waals surface area contributed by atoms with Crippen molar-refractivity contribution in [1.82, 2.24) is 15.2 Å². The molecule has 2 aromatic heterocycles. The van der Waals surface area contributed by atoms with E-state index < -0.39 is 12.0 Å². The van der Waals surface area contributed by atoms with Gasteiger partial charge in [-0.3, -0.25) is 9.78 Å². The molecule has 2 aromatic carbocycles. The quantitative estimate of drug-likeness (QED) is 0.393. The molecule has 184 valence electrons. The van der Waals surface area contributed by atoms with Gasteiger partial charge in [0.05, 0.1) is 0 Å². The number of carbonyl (C=O) groups excluding carboxylic acids is 2. The molecule has 36 heavy (non-hydrogen) atoms. The maximum Gasteiger partial charge on any atom is 0.414 e. The topological polar surface area (TPSA) is 84.7 Å². The number of likely N-dealkylation sites (tertiary alicyclic amines) is 1. The first kappa shape index (κ1) is 23.5. The summed E-state index contributed by atoms with van der Waals surface area (Å²) in [7, 11) is 1.46. The maximum absolute atomic E-state index is 13.5. The number of hydrogen-bond acceptors (Lipinski definition) is 5. The van der Waals surface area contributed by atoms with Crippen LogP contribution in [0, 0.1) is 0 Å². The predicted octanol–water partition coefficient (Wildman–Crippen LogP) is 5.75. The molecule has 0 bridgehead atoms. The summed E-state index contributed by atoms with van der Waals surface area (Å²) in [6, 6.07) is 16.3. The molecular weight excluding hydrogens is 468 g/mol. The van der Waals surface area contributed by atoms with Crippen molar-refractivity contribution in [3.05, 3.63) is 72.6 Å². The van der Waals surface area contributed by atoms with Crippen molar-refractivity contribution < 1.29 is 27.5 Å². The largest absolute Gasteiger partial charge is 0.425 e. The fourth-order valence-corrected chi connectivity index (χ4v) is 4.26. The lowest BCUT2D eigenvalue weighted by Gasteiger charge is -2.31. The van der Waals surface area contributed by atoms with Crippen LogP contribution in [0.1, 0.15) is 23.2 Å². The zero-order chi connectivity index (χ0) is 25.3. The SMILES string of the molecule is CNC(=O)Oc1cc2cc(-c3ccc(C(=O)N4CCC(F)(F)CC4)cc3)cc(-c3ccncc3)c2o1. The van der Waals surface area contributed by atoms with Gasteiger partial charge in [-0.15, -0.1) is 0 Å². The molecule has 0 spiro atoms. The fourth-order valence-electron chi connectivity index (χ4n) is 4.26. The van der Waals surface area contributed by atoms with Crippen LogP contribution in [0.2, 0.25) is 0 Å². The van der Waals surface area contributed by atoms with Crippen molar-refractivity contribution in [1.29, 1.82) is 0 Å². The third kappa shape index (κ3) is 4.77. The Labute approximate surface area is 205 Å². The Morgan fingerprint density at radius 2 is 1.67 bits per heavy atom. The van der Waals surface area contributed by atoms with Gasteiger partial charge in [-0.1, -0.05) is 12.1 Å². The zero-order valence-electron chi connectivity index (χ0n) is 19.5. The van der Waals surface area contributed by atoms with E-state index in [9.17, 15) is 18.4 Å². The van der Waals surface area contributed by atoms with Crippen molar-refractivity contribution in [2.24, 2.45) is 0 Å². The van der Waals surface area contributed by atoms with Crippen molar-refractivity contribution in [3.63, 3.8) is 0 Å². The summed E-state index contributed by atoms with van der Waals surface area (Å²) in [5, 5.41) is 3.12. The molecule has 9 heteroatoms. The number of ether oxygens (including phenoxy) is 1. The third-order valence-corrected chi connectivity index (χ3v) is 6.23. The van der Waals surface area contributed by atoms with E-state index in [2.05, 4.69) is 10.3 Å². The van der Waals surface area contributed by atoms with E-state index in [1.165, 1.54) is 11.9 Å². The van der Waals surface area contributed by atoms with E-state index in [0.29, 0.717) is 11.1 Å². The second-order valence-electron chi connectivity index (χ2n) is 8.61. The normalized spacial score (nSPS) is 15.0. The lowest BCUT2D eigenvalue weighted by molar-refractivity contribution is -0.0494. The summed E-state index contributed by atoms with van der Waals surface area (Å²) >= 11 is 0. The zero-order valence-corrected chi connectivity index (χ0v) is 19.5. The molecule has 0 unspecified atom stereocenters. The minimum atomic E-state index is -2.70. The number of fused-ring (bicyclic) bond motifs is 1. The molecule has 7 nitrogen and oxygen atoms in total. The highest BCUT2D eigenvalue weighted by Gasteiger charge is 2.35. The first-order valence-electron chi connectivity index (χ1n) is 11.5. The van der Waals surface area contributed by atoms with Gasteiger partial charge >= 0.3 is 6.09 Å². The molecule has 0 aliphatic carbocycles. The number of nitrogens with zero attached hydrogens (tertiary/aromatic N) is 2. The Hall–Kier alpha value is -4.27. The molecule has 5 rings (SSSR count). The number of pyridine rings is 1. The number of rotatable bonds is 4. The Morgan fingerprint density at radius 3 is 2.33 bits per heavy atom. The van der Waals surface area contributed by atoms with Crippen molar-refractivity contribution in [2.45, 2.75) is 18.8 Å². The summed E-state index contributed by atoms with van der Waals surface area (Å²) < 4.78 is 37.9. The summed E-state index contributed by atoms with van der Waals surface area (Å²) in [4.78, 5) is 30.0. The van der Waals surface area contributed by atoms with Gasteiger partial charge in [-0.2, -0.15) is 0 Å². The number of benzene rings is 2. The minimum Gasteiger partial charge on any atom is -0.425 e. The highest BCUT2D eigenvalue weighted by molar-refractivity contribution is 5.98. The molecule has 1 saturated heterocycles. The molecule has 1 aliphatic rings. The van der Waals surface area contributed by atoms with Crippen LogP contribution >= 0.6 is 0 Å². The van der Waals surface area contributed by atoms with Gasteiger partial charge in [-0.25, -0.2) is 13.6 Å². The monoisotopic (exact) mass is 491 g/mol. The fraction of sp³-hybridized carbons (Fsp3) is 0.222. The van der Waals surface area contributed by atoms with E-state index in [-0.39, 0.29) is 37.8 Å². The van der Waals surface area contributed by atoms with Crippen LogP contribution in [-0.2, 0) is 0 Å². The van der Waals surface area contributed by atoms with Gasteiger partial charge in [-0.05, 0) is 53.1 Å². The van der Waals surface area contributed by atoms with E-state index in [0.717, 1.165) is 27.6 Å². The highest BCUT2D eigenvalue weighted by Crippen LogP contribution is 2.38. The molecule has 1 N–H and O–H groups in total. The second-order valence-corrected chi connectivity index (χ2v) is 8.61. The molecular formula is C27H23F2N3O4. The molecule has 0 radical (unpaired) electrons. The predicted molar refractivity (Wildman–Crippen MR) is 130 cm³/mol. The highest BCUT2D eigenvalue weighted by atomic mass is 19.3. The summed E-state index contributed by atoms with van der Waals surface area (Å²) in [6.07, 6.45) is 2.08. The number of alkyl halides is 2. The number of halogens is 2. The first-order valence-corrected chi connectivity index (χ1v) is 11.5. The number of amides is 2. The van der Waals surface area contributed by atoms with Gasteiger partial charge in [0.25, 0.3) is 17.8 Å². The Morgan fingerprint density at radius 1 is 0.972 bits per heavy atom. The maximum atomic E-state index is 13.5. The summed E-state index contributed by atoms with van der Waals surface area (Å²) in [5.41, 5.74) is 4.36. The standard InChI is InChI=1S/C27H23F2N3O4/c1-30-26(34)36-23-16-21-14-20(15-22(24(21)35-23)18-6-10-31-11-7-18)17-2-4-19(5-3-17)25(33)32-12-8-27(28,29)9-13-32/h2-7,10-11,14-16H,8-9,12-13H2,1H3,(H,30,34). The molecule has 1 aliphatic heterocycles. The number of carbonyl (C=O) groups is 2. The number of nitrogens with one attached hydrogen (secondary N) is 1. The van der Waals surface area contributed by atoms with E-state index in [1.807, 2.05) is 36.4 Å². The molecule has 3 heterocycles. The first-order chi connectivity index (χ1) is 17.3. The van der Waals surface area contributed by atoms with Crippen LogP contribution in [0.5, 0.6) is 5.95 Å². The van der Waals surface area contributed by atoms with Crippen LogP contribution in [-0.4, -0.2) is 47.9 Å². The second kappa shape index (κ2) is 9.41. The van der Waals surface area contributed by atoms with E-state index in [4.69, 9.17) is 9.15 Å². The van der Waals surface area contributed by atoms with Gasteiger partial charge in [0.2, 0.25) is 0 Å². The lowest BCUT2D eigenvalue weighted by Crippen LogP contribution is -2.42. The molecule has 2 amide bonds. The smallest absolute Gasteiger partial charge is 0.414 e. The van der Waals surface area contributed by atoms with E-state index in [1.54, 1.807) is 30.6 Å². The summed E-state index contributed by atoms with van der Waals surface area (Å²) in [6.45, 7) is 0.0843. The van der Waals surface area contributed by atoms with Crippen LogP contribution in [0.4, 0.5) is 13.6 Å². The van der Waals surface area contributed by atoms with Gasteiger partial charge in [0.15, 0.2) is 0 Å². The van der Waals surface area contributed by atoms with Crippen LogP contribution < -0.4 is 10.1 Å². The van der Waals surface area contributed by atoms with Crippen LogP contribution in [0.15, 0.2) is 71.4 Å². The number of aromatic nitrogens is 1. The van der Waals surface area contributed by atoms with Crippen LogP contribution in [0.25, 0.3) is 33.2 Å². The molecule has 1 fully saturated rings. The number of furan rings is 1. The van der Waals surface area contributed by atoms with Crippen molar-refractivity contribution in [3.8, 4) is 28.2 Å². The summed E-state index contributed by atoms with van der Waals surface area (Å²) in [5.74, 6) is -2.90. The van der Waals surface area contributed by atoms with Crippen LogP contribution in [0.3, 0.4) is 0 Å². The third-order valence-electron chi connectivity index (χ3n) is 6.23. The van der Waals surface area contributed by atoms with Gasteiger partial charge in [0, 0.05) is 68.0 Å². The number of piperidine rings is 1. The lowest BCUT2D eigenvalue weighted by atomic mass is 9.96. The number of hydrogen-bond donors (Lipinski definition) is 1. The Balaban J connectivity index is 1.48. The van der Waals surface area contributed by atoms with Gasteiger partial charge in [0.1, 0.15) is 5.58 Å². The van der Waals surface area contributed by atoms with E-state index >= 15 is 0 Å². The molecule has 0 saturated carbocycles. The van der Waals surface area contributed by atoms with Crippen molar-refractivity contribution >= 4 is 23.0 Å². The average molecular weight is 491 g/mol. The Kier molecular flexibility index (Phi) is 6.13. The van der Waals surface area contributed by atoms with Gasteiger partial charge < -0.3 is 19.4 Å². The Bertz CT molecular complexity index is 1410. The molecule has 0 atom stereocenters. The minimum absolute atomic E-state index is 0.0422.